The van der Waals surface area contributed by atoms with Crippen molar-refractivity contribution in [3.05, 3.63) is 18.3 Å². The normalized spacial score (nSPS) is 12.2. The van der Waals surface area contributed by atoms with Gasteiger partial charge in [-0.2, -0.15) is 0 Å². The van der Waals surface area contributed by atoms with Crippen molar-refractivity contribution < 1.29 is 5.11 Å². The van der Waals surface area contributed by atoms with Crippen LogP contribution in [0, 0.1) is 0 Å². The van der Waals surface area contributed by atoms with Crippen LogP contribution in [0.4, 0.5) is 11.5 Å². The van der Waals surface area contributed by atoms with Crippen LogP contribution < -0.4 is 10.2 Å². The van der Waals surface area contributed by atoms with E-state index in [1.54, 1.807) is 0 Å². The Labute approximate surface area is 97.3 Å². The van der Waals surface area contributed by atoms with Crippen molar-refractivity contribution in [2.45, 2.75) is 26.3 Å². The first-order chi connectivity index (χ1) is 7.67. The van der Waals surface area contributed by atoms with Gasteiger partial charge in [-0.05, 0) is 25.5 Å². The third-order valence-corrected chi connectivity index (χ3v) is 2.63. The molecule has 0 aromatic carbocycles. The van der Waals surface area contributed by atoms with Gasteiger partial charge in [-0.15, -0.1) is 0 Å². The second kappa shape index (κ2) is 6.33. The lowest BCUT2D eigenvalue weighted by atomic mass is 10.2. The van der Waals surface area contributed by atoms with Gasteiger partial charge >= 0.3 is 0 Å². The van der Waals surface area contributed by atoms with Gasteiger partial charge in [0.1, 0.15) is 5.82 Å². The Morgan fingerprint density at radius 1 is 1.50 bits per heavy atom. The highest BCUT2D eigenvalue weighted by atomic mass is 16.3. The summed E-state index contributed by atoms with van der Waals surface area (Å²) in [6.07, 6.45) is 2.90. The van der Waals surface area contributed by atoms with Gasteiger partial charge in [0.2, 0.25) is 0 Å². The molecule has 1 unspecified atom stereocenters. The Balaban J connectivity index is 2.60. The second-order valence-corrected chi connectivity index (χ2v) is 4.00. The van der Waals surface area contributed by atoms with Gasteiger partial charge in [-0.25, -0.2) is 4.98 Å². The first-order valence-corrected chi connectivity index (χ1v) is 5.72. The van der Waals surface area contributed by atoms with Gasteiger partial charge in [0.05, 0.1) is 18.5 Å². The molecule has 0 aliphatic rings. The average molecular weight is 223 g/mol. The molecule has 0 radical (unpaired) electrons. The number of hydrogen-bond donors (Lipinski definition) is 2. The van der Waals surface area contributed by atoms with Crippen LogP contribution in [0.5, 0.6) is 0 Å². The van der Waals surface area contributed by atoms with Crippen LogP contribution in [0.3, 0.4) is 0 Å². The van der Waals surface area contributed by atoms with Crippen LogP contribution in [0.15, 0.2) is 18.3 Å². The third-order valence-electron chi connectivity index (χ3n) is 2.63. The number of hydrogen-bond acceptors (Lipinski definition) is 4. The quantitative estimate of drug-likeness (QED) is 0.771. The fraction of sp³-hybridized carbons (Fsp3) is 0.583. The maximum Gasteiger partial charge on any atom is 0.126 e. The molecule has 0 spiro atoms. The van der Waals surface area contributed by atoms with Crippen LogP contribution in [0.1, 0.15) is 20.3 Å². The zero-order chi connectivity index (χ0) is 12.0. The molecule has 0 bridgehead atoms. The average Bonchev–Trinajstić information content (AvgIpc) is 2.30. The minimum absolute atomic E-state index is 0.156. The molecule has 4 nitrogen and oxygen atoms in total. The summed E-state index contributed by atoms with van der Waals surface area (Å²) >= 11 is 0. The fourth-order valence-electron chi connectivity index (χ4n) is 1.33. The van der Waals surface area contributed by atoms with Crippen molar-refractivity contribution in [3.8, 4) is 0 Å². The lowest BCUT2D eigenvalue weighted by Crippen LogP contribution is -2.21. The summed E-state index contributed by atoms with van der Waals surface area (Å²) < 4.78 is 0. The first-order valence-electron chi connectivity index (χ1n) is 5.72. The highest BCUT2D eigenvalue weighted by molar-refractivity contribution is 5.49. The summed E-state index contributed by atoms with van der Waals surface area (Å²) in [5, 5.41) is 12.1. The SMILES string of the molecule is CCC(C)Nc1ccc(N(C)CCO)cn1. The van der Waals surface area contributed by atoms with E-state index in [4.69, 9.17) is 5.11 Å². The predicted molar refractivity (Wildman–Crippen MR) is 68.0 cm³/mol. The Morgan fingerprint density at radius 2 is 2.25 bits per heavy atom. The number of anilines is 2. The Bertz CT molecular complexity index is 300. The summed E-state index contributed by atoms with van der Waals surface area (Å²) in [7, 11) is 1.94. The van der Waals surface area contributed by atoms with Gasteiger partial charge in [0.25, 0.3) is 0 Å². The lowest BCUT2D eigenvalue weighted by molar-refractivity contribution is 0.304. The molecule has 1 aromatic heterocycles. The molecule has 0 aliphatic heterocycles. The highest BCUT2D eigenvalue weighted by Gasteiger charge is 2.02. The van der Waals surface area contributed by atoms with Crippen LogP contribution in [-0.2, 0) is 0 Å². The largest absolute Gasteiger partial charge is 0.395 e. The predicted octanol–water partition coefficient (Wildman–Crippen LogP) is 1.72. The maximum absolute atomic E-state index is 8.83. The van der Waals surface area contributed by atoms with Crippen LogP contribution >= 0.6 is 0 Å². The first kappa shape index (κ1) is 12.8. The minimum Gasteiger partial charge on any atom is -0.395 e. The van der Waals surface area contributed by atoms with Crippen molar-refractivity contribution in [1.29, 1.82) is 0 Å². The summed E-state index contributed by atoms with van der Waals surface area (Å²) in [4.78, 5) is 6.31. The van der Waals surface area contributed by atoms with Crippen LogP contribution in [-0.4, -0.2) is 36.3 Å². The Kier molecular flexibility index (Phi) is 5.05. The number of nitrogens with zero attached hydrogens (tertiary/aromatic N) is 2. The van der Waals surface area contributed by atoms with Crippen molar-refractivity contribution in [1.82, 2.24) is 4.98 Å². The zero-order valence-corrected chi connectivity index (χ0v) is 10.3. The van der Waals surface area contributed by atoms with Crippen LogP contribution in [0.2, 0.25) is 0 Å². The van der Waals surface area contributed by atoms with Crippen molar-refractivity contribution in [2.24, 2.45) is 0 Å². The van der Waals surface area contributed by atoms with Gasteiger partial charge in [0, 0.05) is 19.6 Å². The standard InChI is InChI=1S/C12H21N3O/c1-4-10(2)14-12-6-5-11(9-13-12)15(3)7-8-16/h5-6,9-10,16H,4,7-8H2,1-3H3,(H,13,14). The van der Waals surface area contributed by atoms with E-state index in [0.29, 0.717) is 12.6 Å². The number of rotatable bonds is 6. The summed E-state index contributed by atoms with van der Waals surface area (Å²) in [5.74, 6) is 0.899. The summed E-state index contributed by atoms with van der Waals surface area (Å²) in [6.45, 7) is 5.05. The van der Waals surface area contributed by atoms with Crippen molar-refractivity contribution in [2.75, 3.05) is 30.4 Å². The van der Waals surface area contributed by atoms with Crippen LogP contribution in [0.25, 0.3) is 0 Å². The number of pyridine rings is 1. The number of aromatic nitrogens is 1. The topological polar surface area (TPSA) is 48.4 Å². The number of aliphatic hydroxyl groups excluding tert-OH is 1. The molecule has 0 fully saturated rings. The maximum atomic E-state index is 8.83. The molecule has 1 aromatic rings. The number of likely N-dealkylation sites (N-methyl/N-ethyl adjacent to an activating group) is 1. The lowest BCUT2D eigenvalue weighted by Gasteiger charge is -2.18. The molecular formula is C12H21N3O. The van der Waals surface area contributed by atoms with Crippen molar-refractivity contribution in [3.63, 3.8) is 0 Å². The fourth-order valence-corrected chi connectivity index (χ4v) is 1.33. The van der Waals surface area contributed by atoms with E-state index >= 15 is 0 Å². The summed E-state index contributed by atoms with van der Waals surface area (Å²) in [5.41, 5.74) is 1.02. The molecule has 0 amide bonds. The molecule has 90 valence electrons. The molecule has 2 N–H and O–H groups in total. The van der Waals surface area contributed by atoms with E-state index < -0.39 is 0 Å². The molecule has 4 heteroatoms. The summed E-state index contributed by atoms with van der Waals surface area (Å²) in [6, 6.07) is 4.41. The van der Waals surface area contributed by atoms with E-state index in [2.05, 4.69) is 24.1 Å². The molecular weight excluding hydrogens is 202 g/mol. The molecule has 16 heavy (non-hydrogen) atoms. The molecule has 0 aliphatic carbocycles. The minimum atomic E-state index is 0.156. The Morgan fingerprint density at radius 3 is 2.75 bits per heavy atom. The Hall–Kier alpha value is -1.29. The van der Waals surface area contributed by atoms with E-state index in [0.717, 1.165) is 17.9 Å². The number of nitrogens with one attached hydrogen (secondary N) is 1. The molecule has 1 rings (SSSR count). The monoisotopic (exact) mass is 223 g/mol. The van der Waals surface area contributed by atoms with E-state index in [-0.39, 0.29) is 6.61 Å². The van der Waals surface area contributed by atoms with Gasteiger partial charge < -0.3 is 15.3 Å². The molecule has 1 atom stereocenters. The van der Waals surface area contributed by atoms with Gasteiger partial charge in [0.15, 0.2) is 0 Å². The molecule has 0 saturated carbocycles. The smallest absolute Gasteiger partial charge is 0.126 e. The van der Waals surface area contributed by atoms with Crippen molar-refractivity contribution >= 4 is 11.5 Å². The highest BCUT2D eigenvalue weighted by Crippen LogP contribution is 2.14. The van der Waals surface area contributed by atoms with E-state index in [9.17, 15) is 0 Å². The van der Waals surface area contributed by atoms with Gasteiger partial charge in [-0.3, -0.25) is 0 Å². The second-order valence-electron chi connectivity index (χ2n) is 4.00. The number of aliphatic hydroxyl groups is 1. The molecule has 0 saturated heterocycles. The molecule has 1 heterocycles. The van der Waals surface area contributed by atoms with Gasteiger partial charge in [-0.1, -0.05) is 6.92 Å². The zero-order valence-electron chi connectivity index (χ0n) is 10.3. The van der Waals surface area contributed by atoms with E-state index in [1.165, 1.54) is 0 Å². The third kappa shape index (κ3) is 3.70. The van der Waals surface area contributed by atoms with E-state index in [1.807, 2.05) is 30.3 Å².